The van der Waals surface area contributed by atoms with Crippen molar-refractivity contribution < 1.29 is 13.2 Å². The van der Waals surface area contributed by atoms with Crippen LogP contribution in [0.3, 0.4) is 0 Å². The van der Waals surface area contributed by atoms with E-state index in [0.717, 1.165) is 11.8 Å². The molecule has 0 fully saturated rings. The van der Waals surface area contributed by atoms with Crippen LogP contribution in [-0.4, -0.2) is 9.97 Å². The average Bonchev–Trinajstić information content (AvgIpc) is 2.55. The second-order valence-electron chi connectivity index (χ2n) is 3.37. The van der Waals surface area contributed by atoms with Crippen LogP contribution in [0.5, 0.6) is 0 Å². The Morgan fingerprint density at radius 2 is 1.94 bits per heavy atom. The van der Waals surface area contributed by atoms with Gasteiger partial charge in [0.1, 0.15) is 10.8 Å². The Morgan fingerprint density at radius 1 is 1.24 bits per heavy atom. The van der Waals surface area contributed by atoms with Crippen molar-refractivity contribution in [2.45, 2.75) is 24.1 Å². The zero-order valence-corrected chi connectivity index (χ0v) is 9.94. The van der Waals surface area contributed by atoms with Gasteiger partial charge in [-0.2, -0.15) is 0 Å². The lowest BCUT2D eigenvalue weighted by Crippen LogP contribution is -1.98. The van der Waals surface area contributed by atoms with E-state index < -0.39 is 11.6 Å². The maximum Gasteiger partial charge on any atom is 0.262 e. The number of rotatable bonds is 2. The third kappa shape index (κ3) is 2.38. The van der Waals surface area contributed by atoms with Crippen molar-refractivity contribution in [3.63, 3.8) is 0 Å². The van der Waals surface area contributed by atoms with Crippen LogP contribution in [0.2, 0.25) is 0 Å². The molecule has 90 valence electrons. The lowest BCUT2D eigenvalue weighted by atomic mass is 10.4. The van der Waals surface area contributed by atoms with Crippen molar-refractivity contribution in [2.75, 3.05) is 5.73 Å². The van der Waals surface area contributed by atoms with Crippen LogP contribution in [0.1, 0.15) is 11.5 Å². The predicted molar refractivity (Wildman–Crippen MR) is 58.7 cm³/mol. The number of halogens is 2. The summed E-state index contributed by atoms with van der Waals surface area (Å²) in [6, 6.07) is 0.688. The molecule has 2 heterocycles. The van der Waals surface area contributed by atoms with Gasteiger partial charge in [-0.3, -0.25) is 0 Å². The Balaban J connectivity index is 2.33. The number of hydrogen-bond acceptors (Lipinski definition) is 5. The Bertz CT molecular complexity index is 551. The summed E-state index contributed by atoms with van der Waals surface area (Å²) in [5, 5.41) is 0.183. The van der Waals surface area contributed by atoms with Crippen LogP contribution in [-0.2, 0) is 0 Å². The minimum Gasteiger partial charge on any atom is -0.436 e. The van der Waals surface area contributed by atoms with Gasteiger partial charge >= 0.3 is 0 Å². The van der Waals surface area contributed by atoms with Gasteiger partial charge in [-0.15, -0.1) is 0 Å². The van der Waals surface area contributed by atoms with Crippen molar-refractivity contribution in [3.05, 3.63) is 29.2 Å². The molecule has 0 spiro atoms. The lowest BCUT2D eigenvalue weighted by molar-refractivity contribution is 0.430. The van der Waals surface area contributed by atoms with Crippen molar-refractivity contribution >= 4 is 17.6 Å². The Kier molecular flexibility index (Phi) is 3.01. The smallest absolute Gasteiger partial charge is 0.262 e. The van der Waals surface area contributed by atoms with E-state index in [1.807, 2.05) is 0 Å². The first-order chi connectivity index (χ1) is 7.97. The maximum absolute atomic E-state index is 13.4. The number of hydrogen-bond donors (Lipinski definition) is 1. The third-order valence-corrected chi connectivity index (χ3v) is 2.95. The highest BCUT2D eigenvalue weighted by atomic mass is 32.2. The number of anilines is 1. The number of nitrogen functional groups attached to an aromatic ring is 1. The molecular formula is C10H9F2N3OS. The molecule has 2 N–H and O–H groups in total. The summed E-state index contributed by atoms with van der Waals surface area (Å²) in [5.41, 5.74) is 5.97. The molecule has 0 aliphatic heterocycles. The van der Waals surface area contributed by atoms with E-state index in [0.29, 0.717) is 17.5 Å². The standard InChI is InChI=1S/C10H9F2N3OS/c1-4-5(2)16-10(14-4)17-9-7(12)3-6(11)8(13)15-9/h3H,1-2H3,(H2,13,15). The van der Waals surface area contributed by atoms with Crippen LogP contribution < -0.4 is 5.73 Å². The molecule has 4 nitrogen and oxygen atoms in total. The molecule has 2 rings (SSSR count). The van der Waals surface area contributed by atoms with E-state index in [-0.39, 0.29) is 16.1 Å². The zero-order chi connectivity index (χ0) is 12.6. The van der Waals surface area contributed by atoms with E-state index in [4.69, 9.17) is 10.2 Å². The molecular weight excluding hydrogens is 248 g/mol. The lowest BCUT2D eigenvalue weighted by Gasteiger charge is -2.01. The van der Waals surface area contributed by atoms with Crippen LogP contribution in [0.25, 0.3) is 0 Å². The highest BCUT2D eigenvalue weighted by Gasteiger charge is 2.14. The fourth-order valence-corrected chi connectivity index (χ4v) is 1.92. The Morgan fingerprint density at radius 3 is 2.53 bits per heavy atom. The average molecular weight is 257 g/mol. The molecule has 2 aromatic heterocycles. The molecule has 0 aliphatic carbocycles. The van der Waals surface area contributed by atoms with E-state index in [9.17, 15) is 8.78 Å². The van der Waals surface area contributed by atoms with Gasteiger partial charge in [0.05, 0.1) is 5.69 Å². The fourth-order valence-electron chi connectivity index (χ4n) is 1.10. The zero-order valence-electron chi connectivity index (χ0n) is 9.12. The highest BCUT2D eigenvalue weighted by Crippen LogP contribution is 2.30. The molecule has 0 saturated heterocycles. The minimum absolute atomic E-state index is 0.0647. The van der Waals surface area contributed by atoms with Gasteiger partial charge in [-0.25, -0.2) is 18.7 Å². The maximum atomic E-state index is 13.4. The summed E-state index contributed by atoms with van der Waals surface area (Å²) in [6.07, 6.45) is 0. The van der Waals surface area contributed by atoms with Gasteiger partial charge in [0, 0.05) is 6.07 Å². The van der Waals surface area contributed by atoms with Crippen LogP contribution >= 0.6 is 11.8 Å². The molecule has 0 aromatic carbocycles. The topological polar surface area (TPSA) is 64.9 Å². The van der Waals surface area contributed by atoms with Gasteiger partial charge < -0.3 is 10.2 Å². The summed E-state index contributed by atoms with van der Waals surface area (Å²) in [7, 11) is 0. The van der Waals surface area contributed by atoms with Gasteiger partial charge in [-0.05, 0) is 25.6 Å². The molecule has 0 aliphatic rings. The SMILES string of the molecule is Cc1nc(Sc2nc(N)c(F)cc2F)oc1C. The van der Waals surface area contributed by atoms with Gasteiger partial charge in [0.15, 0.2) is 17.5 Å². The van der Waals surface area contributed by atoms with E-state index in [1.54, 1.807) is 13.8 Å². The van der Waals surface area contributed by atoms with Crippen LogP contribution in [0.4, 0.5) is 14.6 Å². The summed E-state index contributed by atoms with van der Waals surface area (Å²) in [5.74, 6) is -1.39. The summed E-state index contributed by atoms with van der Waals surface area (Å²) in [6.45, 7) is 3.51. The van der Waals surface area contributed by atoms with E-state index >= 15 is 0 Å². The highest BCUT2D eigenvalue weighted by molar-refractivity contribution is 7.99. The van der Waals surface area contributed by atoms with Crippen LogP contribution in [0, 0.1) is 25.5 Å². The molecule has 0 bridgehead atoms. The van der Waals surface area contributed by atoms with E-state index in [2.05, 4.69) is 9.97 Å². The quantitative estimate of drug-likeness (QED) is 0.896. The van der Waals surface area contributed by atoms with Crippen molar-refractivity contribution in [1.82, 2.24) is 9.97 Å². The Hall–Kier alpha value is -1.63. The van der Waals surface area contributed by atoms with Crippen LogP contribution in [0.15, 0.2) is 20.7 Å². The molecule has 17 heavy (non-hydrogen) atoms. The predicted octanol–water partition coefficient (Wildman–Crippen LogP) is 2.70. The minimum atomic E-state index is -0.883. The normalized spacial score (nSPS) is 10.8. The third-order valence-electron chi connectivity index (χ3n) is 2.12. The van der Waals surface area contributed by atoms with E-state index in [1.165, 1.54) is 0 Å². The first-order valence-corrected chi connectivity index (χ1v) is 5.52. The molecule has 0 amide bonds. The molecule has 0 saturated carbocycles. The molecule has 0 radical (unpaired) electrons. The summed E-state index contributed by atoms with van der Waals surface area (Å²) < 4.78 is 31.5. The first-order valence-electron chi connectivity index (χ1n) is 4.70. The fraction of sp³-hybridized carbons (Fsp3) is 0.200. The number of pyridine rings is 1. The number of aryl methyl sites for hydroxylation is 2. The molecule has 0 atom stereocenters. The monoisotopic (exact) mass is 257 g/mol. The second kappa shape index (κ2) is 4.33. The molecule has 2 aromatic rings. The first kappa shape index (κ1) is 11.8. The van der Waals surface area contributed by atoms with Crippen molar-refractivity contribution in [2.24, 2.45) is 0 Å². The number of nitrogens with zero attached hydrogens (tertiary/aromatic N) is 2. The van der Waals surface area contributed by atoms with Crippen molar-refractivity contribution in [1.29, 1.82) is 0 Å². The molecule has 7 heteroatoms. The van der Waals surface area contributed by atoms with Gasteiger partial charge in [0.25, 0.3) is 5.22 Å². The summed E-state index contributed by atoms with van der Waals surface area (Å²) >= 11 is 0.862. The number of aromatic nitrogens is 2. The van der Waals surface area contributed by atoms with Gasteiger partial charge in [-0.1, -0.05) is 0 Å². The second-order valence-corrected chi connectivity index (χ2v) is 4.31. The Labute approximate surface area is 100 Å². The van der Waals surface area contributed by atoms with Gasteiger partial charge in [0.2, 0.25) is 0 Å². The largest absolute Gasteiger partial charge is 0.436 e. The number of oxazole rings is 1. The van der Waals surface area contributed by atoms with Crippen molar-refractivity contribution in [3.8, 4) is 0 Å². The molecule has 0 unspecified atom stereocenters. The summed E-state index contributed by atoms with van der Waals surface area (Å²) in [4.78, 5) is 7.65. The number of nitrogens with two attached hydrogens (primary N) is 1.